The molecule has 2 heterocycles. The van der Waals surface area contributed by atoms with Gasteiger partial charge >= 0.3 is 0 Å². The lowest BCUT2D eigenvalue weighted by Gasteiger charge is -2.19. The van der Waals surface area contributed by atoms with E-state index in [1.165, 1.54) is 0 Å². The third kappa shape index (κ3) is 4.47. The highest BCUT2D eigenvalue weighted by Gasteiger charge is 2.14. The number of carbonyl (C=O) groups is 1. The van der Waals surface area contributed by atoms with E-state index < -0.39 is 0 Å². The smallest absolute Gasteiger partial charge is 0.238 e. The Morgan fingerprint density at radius 2 is 2.40 bits per heavy atom. The first-order valence-electron chi connectivity index (χ1n) is 7.10. The molecule has 1 fully saturated rings. The second-order valence-electron chi connectivity index (χ2n) is 4.72. The molecular weight excluding hydrogens is 256 g/mol. The van der Waals surface area contributed by atoms with Crippen molar-refractivity contribution < 1.29 is 9.53 Å². The fourth-order valence-corrected chi connectivity index (χ4v) is 2.19. The second kappa shape index (κ2) is 7.81. The number of hydrogen-bond donors (Lipinski definition) is 2. The first-order chi connectivity index (χ1) is 9.79. The van der Waals surface area contributed by atoms with Gasteiger partial charge in [0.15, 0.2) is 0 Å². The predicted octanol–water partition coefficient (Wildman–Crippen LogP) is 0.714. The Hall–Kier alpha value is -1.66. The van der Waals surface area contributed by atoms with Crippen LogP contribution in [-0.2, 0) is 4.79 Å². The summed E-state index contributed by atoms with van der Waals surface area (Å²) in [7, 11) is 0. The Kier molecular flexibility index (Phi) is 5.76. The summed E-state index contributed by atoms with van der Waals surface area (Å²) in [6, 6.07) is 3.59. The van der Waals surface area contributed by atoms with Gasteiger partial charge < -0.3 is 15.4 Å². The Morgan fingerprint density at radius 1 is 1.50 bits per heavy atom. The van der Waals surface area contributed by atoms with E-state index in [0.29, 0.717) is 24.7 Å². The summed E-state index contributed by atoms with van der Waals surface area (Å²) in [6.07, 6.45) is 2.73. The van der Waals surface area contributed by atoms with Gasteiger partial charge in [-0.1, -0.05) is 0 Å². The first-order valence-corrected chi connectivity index (χ1v) is 7.10. The average Bonchev–Trinajstić information content (AvgIpc) is 2.70. The molecule has 2 rings (SSSR count). The Labute approximate surface area is 119 Å². The monoisotopic (exact) mass is 278 g/mol. The molecule has 2 N–H and O–H groups in total. The lowest BCUT2D eigenvalue weighted by Crippen LogP contribution is -2.35. The van der Waals surface area contributed by atoms with Crippen LogP contribution in [0.1, 0.15) is 13.3 Å². The molecule has 20 heavy (non-hydrogen) atoms. The quantitative estimate of drug-likeness (QED) is 0.830. The molecule has 0 unspecified atom stereocenters. The zero-order valence-electron chi connectivity index (χ0n) is 11.9. The number of nitrogens with zero attached hydrogens (tertiary/aromatic N) is 2. The van der Waals surface area contributed by atoms with Gasteiger partial charge in [-0.15, -0.1) is 0 Å². The average molecular weight is 278 g/mol. The van der Waals surface area contributed by atoms with Crippen LogP contribution in [0, 0.1) is 0 Å². The third-order valence-corrected chi connectivity index (χ3v) is 3.13. The molecule has 1 aromatic rings. The van der Waals surface area contributed by atoms with Crippen molar-refractivity contribution in [1.29, 1.82) is 0 Å². The summed E-state index contributed by atoms with van der Waals surface area (Å²) >= 11 is 0. The lowest BCUT2D eigenvalue weighted by atomic mass is 10.3. The van der Waals surface area contributed by atoms with Crippen molar-refractivity contribution in [2.45, 2.75) is 13.3 Å². The minimum Gasteiger partial charge on any atom is -0.476 e. The number of pyridine rings is 1. The maximum Gasteiger partial charge on any atom is 0.238 e. The third-order valence-electron chi connectivity index (χ3n) is 3.13. The van der Waals surface area contributed by atoms with Crippen molar-refractivity contribution in [2.24, 2.45) is 0 Å². The molecule has 6 nitrogen and oxygen atoms in total. The minimum absolute atomic E-state index is 0.0270. The normalized spacial score (nSPS) is 16.4. The van der Waals surface area contributed by atoms with E-state index in [4.69, 9.17) is 4.74 Å². The Morgan fingerprint density at radius 3 is 3.25 bits per heavy atom. The summed E-state index contributed by atoms with van der Waals surface area (Å²) in [6.45, 7) is 6.63. The van der Waals surface area contributed by atoms with Gasteiger partial charge in [-0.3, -0.25) is 9.69 Å². The molecule has 0 atom stereocenters. The van der Waals surface area contributed by atoms with E-state index in [1.54, 1.807) is 18.3 Å². The highest BCUT2D eigenvalue weighted by atomic mass is 16.5. The van der Waals surface area contributed by atoms with Crippen LogP contribution in [0.25, 0.3) is 0 Å². The maximum absolute atomic E-state index is 12.1. The SMILES string of the molecule is CCOc1ncccc1NC(=O)CN1CCCNCC1. The Balaban J connectivity index is 1.90. The van der Waals surface area contributed by atoms with Crippen LogP contribution < -0.4 is 15.4 Å². The summed E-state index contributed by atoms with van der Waals surface area (Å²) in [5.74, 6) is 0.446. The van der Waals surface area contributed by atoms with Crippen LogP contribution in [0.3, 0.4) is 0 Å². The largest absolute Gasteiger partial charge is 0.476 e. The van der Waals surface area contributed by atoms with Crippen LogP contribution in [0.4, 0.5) is 5.69 Å². The van der Waals surface area contributed by atoms with Crippen LogP contribution in [0.15, 0.2) is 18.3 Å². The molecule has 0 aromatic carbocycles. The number of carbonyl (C=O) groups excluding carboxylic acids is 1. The number of aromatic nitrogens is 1. The van der Waals surface area contributed by atoms with Crippen molar-refractivity contribution in [3.63, 3.8) is 0 Å². The number of hydrogen-bond acceptors (Lipinski definition) is 5. The van der Waals surface area contributed by atoms with Crippen LogP contribution in [0.5, 0.6) is 5.88 Å². The molecule has 1 saturated heterocycles. The summed E-state index contributed by atoms with van der Waals surface area (Å²) in [4.78, 5) is 18.4. The Bertz CT molecular complexity index is 431. The van der Waals surface area contributed by atoms with Gasteiger partial charge in [0.05, 0.1) is 13.2 Å². The van der Waals surface area contributed by atoms with Crippen LogP contribution in [-0.4, -0.2) is 55.1 Å². The number of anilines is 1. The summed E-state index contributed by atoms with van der Waals surface area (Å²) in [5.41, 5.74) is 0.632. The molecule has 0 aliphatic carbocycles. The van der Waals surface area contributed by atoms with E-state index in [-0.39, 0.29) is 5.91 Å². The number of amides is 1. The minimum atomic E-state index is -0.0270. The van der Waals surface area contributed by atoms with Gasteiger partial charge in [-0.2, -0.15) is 0 Å². The number of rotatable bonds is 5. The van der Waals surface area contributed by atoms with Gasteiger partial charge in [0.2, 0.25) is 11.8 Å². The van der Waals surface area contributed by atoms with E-state index >= 15 is 0 Å². The molecular formula is C14H22N4O2. The topological polar surface area (TPSA) is 66.5 Å². The van der Waals surface area contributed by atoms with Crippen molar-refractivity contribution in [2.75, 3.05) is 44.6 Å². The standard InChI is InChI=1S/C14H22N4O2/c1-2-20-14-12(5-3-7-16-14)17-13(19)11-18-9-4-6-15-8-10-18/h3,5,7,15H,2,4,6,8-11H2,1H3,(H,17,19). The molecule has 1 aliphatic heterocycles. The maximum atomic E-state index is 12.1. The molecule has 0 radical (unpaired) electrons. The fraction of sp³-hybridized carbons (Fsp3) is 0.571. The molecule has 0 saturated carbocycles. The van der Waals surface area contributed by atoms with Crippen LogP contribution in [0.2, 0.25) is 0 Å². The molecule has 6 heteroatoms. The van der Waals surface area contributed by atoms with E-state index in [0.717, 1.165) is 32.6 Å². The molecule has 110 valence electrons. The van der Waals surface area contributed by atoms with Gasteiger partial charge in [0.1, 0.15) is 5.69 Å². The highest BCUT2D eigenvalue weighted by molar-refractivity contribution is 5.93. The lowest BCUT2D eigenvalue weighted by molar-refractivity contribution is -0.117. The van der Waals surface area contributed by atoms with Crippen molar-refractivity contribution in [3.8, 4) is 5.88 Å². The van der Waals surface area contributed by atoms with Gasteiger partial charge in [-0.25, -0.2) is 4.98 Å². The molecule has 1 aromatic heterocycles. The summed E-state index contributed by atoms with van der Waals surface area (Å²) < 4.78 is 5.40. The van der Waals surface area contributed by atoms with Gasteiger partial charge in [-0.05, 0) is 38.6 Å². The van der Waals surface area contributed by atoms with Gasteiger partial charge in [0, 0.05) is 19.3 Å². The second-order valence-corrected chi connectivity index (χ2v) is 4.72. The predicted molar refractivity (Wildman–Crippen MR) is 78.0 cm³/mol. The number of nitrogens with one attached hydrogen (secondary N) is 2. The van der Waals surface area contributed by atoms with E-state index in [9.17, 15) is 4.79 Å². The number of ether oxygens (including phenoxy) is 1. The molecule has 0 bridgehead atoms. The zero-order valence-corrected chi connectivity index (χ0v) is 11.9. The zero-order chi connectivity index (χ0) is 14.2. The van der Waals surface area contributed by atoms with E-state index in [1.807, 2.05) is 6.92 Å². The molecule has 1 aliphatic rings. The summed E-state index contributed by atoms with van der Waals surface area (Å²) in [5, 5.41) is 6.20. The van der Waals surface area contributed by atoms with E-state index in [2.05, 4.69) is 20.5 Å². The van der Waals surface area contributed by atoms with Crippen molar-refractivity contribution in [3.05, 3.63) is 18.3 Å². The molecule has 0 spiro atoms. The fourth-order valence-electron chi connectivity index (χ4n) is 2.19. The van der Waals surface area contributed by atoms with Gasteiger partial charge in [0.25, 0.3) is 0 Å². The highest BCUT2D eigenvalue weighted by Crippen LogP contribution is 2.20. The molecule has 1 amide bonds. The first kappa shape index (κ1) is 14.7. The van der Waals surface area contributed by atoms with Crippen LogP contribution >= 0.6 is 0 Å². The van der Waals surface area contributed by atoms with Crippen molar-refractivity contribution >= 4 is 11.6 Å². The van der Waals surface area contributed by atoms with Crippen molar-refractivity contribution in [1.82, 2.24) is 15.2 Å².